The van der Waals surface area contributed by atoms with Gasteiger partial charge >= 0.3 is 0 Å². The molecule has 2 aliphatic rings. The number of nitrogens with zero attached hydrogens (tertiary/aromatic N) is 1. The molecule has 102 valence electrons. The zero-order chi connectivity index (χ0) is 13.3. The summed E-state index contributed by atoms with van der Waals surface area (Å²) in [5.41, 5.74) is 11.4. The predicted molar refractivity (Wildman–Crippen MR) is 68.4 cm³/mol. The van der Waals surface area contributed by atoms with Crippen molar-refractivity contribution in [2.24, 2.45) is 23.3 Å². The zero-order valence-electron chi connectivity index (χ0n) is 11.0. The summed E-state index contributed by atoms with van der Waals surface area (Å²) in [5.74, 6) is 0.0516. The van der Waals surface area contributed by atoms with Crippen molar-refractivity contribution in [3.05, 3.63) is 0 Å². The lowest BCUT2D eigenvalue weighted by molar-refractivity contribution is -0.142. The third-order valence-corrected chi connectivity index (χ3v) is 4.35. The lowest BCUT2D eigenvalue weighted by Gasteiger charge is -2.35. The highest BCUT2D eigenvalue weighted by Crippen LogP contribution is 2.31. The van der Waals surface area contributed by atoms with E-state index < -0.39 is 11.9 Å². The first-order valence-corrected chi connectivity index (χ1v) is 6.86. The first-order valence-electron chi connectivity index (χ1n) is 6.86. The van der Waals surface area contributed by atoms with Crippen LogP contribution in [0.25, 0.3) is 0 Å². The van der Waals surface area contributed by atoms with Crippen LogP contribution in [0.3, 0.4) is 0 Å². The number of hydrogen-bond acceptors (Lipinski definition) is 3. The van der Waals surface area contributed by atoms with E-state index in [1.54, 1.807) is 4.90 Å². The molecule has 2 amide bonds. The van der Waals surface area contributed by atoms with Gasteiger partial charge in [-0.2, -0.15) is 0 Å². The van der Waals surface area contributed by atoms with Crippen molar-refractivity contribution in [1.82, 2.24) is 4.90 Å². The number of nitrogens with two attached hydrogens (primary N) is 2. The van der Waals surface area contributed by atoms with E-state index in [1.807, 2.05) is 0 Å². The average molecular weight is 253 g/mol. The van der Waals surface area contributed by atoms with Gasteiger partial charge in [-0.15, -0.1) is 0 Å². The van der Waals surface area contributed by atoms with Gasteiger partial charge in [0.15, 0.2) is 0 Å². The molecule has 5 nitrogen and oxygen atoms in total. The molecule has 4 atom stereocenters. The summed E-state index contributed by atoms with van der Waals surface area (Å²) in [5, 5.41) is 0. The van der Waals surface area contributed by atoms with Gasteiger partial charge in [0.1, 0.15) is 6.04 Å². The minimum atomic E-state index is -0.415. The van der Waals surface area contributed by atoms with Gasteiger partial charge in [-0.1, -0.05) is 6.92 Å². The summed E-state index contributed by atoms with van der Waals surface area (Å²) in [4.78, 5) is 25.5. The van der Waals surface area contributed by atoms with E-state index in [0.717, 1.165) is 25.7 Å². The van der Waals surface area contributed by atoms with Gasteiger partial charge in [0.25, 0.3) is 0 Å². The molecule has 1 saturated carbocycles. The Labute approximate surface area is 108 Å². The SMILES string of the molecule is CC1CCC(N)C(C(=O)N2CCCC2C(N)=O)C1. The molecule has 4 N–H and O–H groups in total. The van der Waals surface area contributed by atoms with Crippen molar-refractivity contribution < 1.29 is 9.59 Å². The lowest BCUT2D eigenvalue weighted by Crippen LogP contribution is -2.51. The van der Waals surface area contributed by atoms with E-state index in [9.17, 15) is 9.59 Å². The van der Waals surface area contributed by atoms with Crippen LogP contribution in [0.5, 0.6) is 0 Å². The van der Waals surface area contributed by atoms with Crippen LogP contribution < -0.4 is 11.5 Å². The summed E-state index contributed by atoms with van der Waals surface area (Å²) in [6.07, 6.45) is 4.37. The monoisotopic (exact) mass is 253 g/mol. The van der Waals surface area contributed by atoms with Gasteiger partial charge in [-0.05, 0) is 38.0 Å². The van der Waals surface area contributed by atoms with Crippen LogP contribution in [0.15, 0.2) is 0 Å². The molecule has 5 heteroatoms. The smallest absolute Gasteiger partial charge is 0.240 e. The van der Waals surface area contributed by atoms with Gasteiger partial charge in [-0.3, -0.25) is 9.59 Å². The fourth-order valence-electron chi connectivity index (χ4n) is 3.23. The van der Waals surface area contributed by atoms with Crippen molar-refractivity contribution >= 4 is 11.8 Å². The van der Waals surface area contributed by atoms with Crippen LogP contribution in [0.1, 0.15) is 39.0 Å². The number of amides is 2. The minimum Gasteiger partial charge on any atom is -0.368 e. The van der Waals surface area contributed by atoms with Crippen LogP contribution >= 0.6 is 0 Å². The van der Waals surface area contributed by atoms with Crippen molar-refractivity contribution in [3.63, 3.8) is 0 Å². The van der Waals surface area contributed by atoms with Gasteiger partial charge < -0.3 is 16.4 Å². The highest BCUT2D eigenvalue weighted by atomic mass is 16.2. The second-order valence-corrected chi connectivity index (χ2v) is 5.78. The van der Waals surface area contributed by atoms with E-state index >= 15 is 0 Å². The molecule has 0 aromatic carbocycles. The normalized spacial score (nSPS) is 36.7. The van der Waals surface area contributed by atoms with Gasteiger partial charge in [-0.25, -0.2) is 0 Å². The summed E-state index contributed by atoms with van der Waals surface area (Å²) >= 11 is 0. The van der Waals surface area contributed by atoms with Crippen molar-refractivity contribution in [2.75, 3.05) is 6.54 Å². The van der Waals surface area contributed by atoms with E-state index in [4.69, 9.17) is 11.5 Å². The van der Waals surface area contributed by atoms with Crippen LogP contribution in [0, 0.1) is 11.8 Å². The molecule has 18 heavy (non-hydrogen) atoms. The molecule has 1 aliphatic heterocycles. The second kappa shape index (κ2) is 5.26. The molecule has 0 aromatic heterocycles. The number of carbonyl (C=O) groups excluding carboxylic acids is 2. The van der Waals surface area contributed by atoms with Crippen LogP contribution in [0.4, 0.5) is 0 Å². The molecular formula is C13H23N3O2. The number of hydrogen-bond donors (Lipinski definition) is 2. The highest BCUT2D eigenvalue weighted by Gasteiger charge is 2.39. The van der Waals surface area contributed by atoms with E-state index in [0.29, 0.717) is 18.9 Å². The Kier molecular flexibility index (Phi) is 3.90. The zero-order valence-corrected chi connectivity index (χ0v) is 11.0. The maximum absolute atomic E-state index is 12.5. The maximum Gasteiger partial charge on any atom is 0.240 e. The summed E-state index contributed by atoms with van der Waals surface area (Å²) < 4.78 is 0. The largest absolute Gasteiger partial charge is 0.368 e. The molecule has 1 aliphatic carbocycles. The van der Waals surface area contributed by atoms with Gasteiger partial charge in [0.2, 0.25) is 11.8 Å². The molecule has 0 spiro atoms. The molecule has 2 rings (SSSR count). The van der Waals surface area contributed by atoms with E-state index in [-0.39, 0.29) is 17.9 Å². The summed E-state index contributed by atoms with van der Waals surface area (Å²) in [7, 11) is 0. The number of carbonyl (C=O) groups is 2. The molecular weight excluding hydrogens is 230 g/mol. The van der Waals surface area contributed by atoms with Crippen molar-refractivity contribution in [2.45, 2.75) is 51.1 Å². The van der Waals surface area contributed by atoms with Crippen LogP contribution in [0.2, 0.25) is 0 Å². The Morgan fingerprint density at radius 2 is 1.94 bits per heavy atom. The van der Waals surface area contributed by atoms with Crippen molar-refractivity contribution in [3.8, 4) is 0 Å². The minimum absolute atomic E-state index is 0.0374. The number of likely N-dealkylation sites (tertiary alicyclic amines) is 1. The highest BCUT2D eigenvalue weighted by molar-refractivity contribution is 5.88. The molecule has 1 saturated heterocycles. The van der Waals surface area contributed by atoms with E-state index in [2.05, 4.69) is 6.92 Å². The quantitative estimate of drug-likeness (QED) is 0.738. The fourth-order valence-corrected chi connectivity index (χ4v) is 3.23. The molecule has 2 fully saturated rings. The lowest BCUT2D eigenvalue weighted by atomic mass is 9.78. The summed E-state index contributed by atoms with van der Waals surface area (Å²) in [6.45, 7) is 2.80. The topological polar surface area (TPSA) is 89.4 Å². The Morgan fingerprint density at radius 1 is 1.22 bits per heavy atom. The number of rotatable bonds is 2. The van der Waals surface area contributed by atoms with Crippen molar-refractivity contribution in [1.29, 1.82) is 0 Å². The Hall–Kier alpha value is -1.10. The molecule has 4 unspecified atom stereocenters. The first kappa shape index (κ1) is 13.3. The Bertz CT molecular complexity index is 345. The fraction of sp³-hybridized carbons (Fsp3) is 0.846. The summed E-state index contributed by atoms with van der Waals surface area (Å²) in [6, 6.07) is -0.482. The molecule has 0 aromatic rings. The molecule has 0 bridgehead atoms. The molecule has 1 heterocycles. The van der Waals surface area contributed by atoms with Crippen LogP contribution in [-0.4, -0.2) is 35.3 Å². The third kappa shape index (κ3) is 2.51. The number of primary amides is 1. The second-order valence-electron chi connectivity index (χ2n) is 5.78. The van der Waals surface area contributed by atoms with Crippen LogP contribution in [-0.2, 0) is 9.59 Å². The first-order chi connectivity index (χ1) is 8.50. The van der Waals surface area contributed by atoms with E-state index in [1.165, 1.54) is 0 Å². The average Bonchev–Trinajstić information content (AvgIpc) is 2.80. The maximum atomic E-state index is 12.5. The standard InChI is InChI=1S/C13H23N3O2/c1-8-4-5-10(14)9(7-8)13(18)16-6-2-3-11(16)12(15)17/h8-11H,2-7,14H2,1H3,(H2,15,17). The Balaban J connectivity index is 2.07. The van der Waals surface area contributed by atoms with Gasteiger partial charge in [0.05, 0.1) is 5.92 Å². The Morgan fingerprint density at radius 3 is 2.61 bits per heavy atom. The predicted octanol–water partition coefficient (Wildman–Crippen LogP) is 0.226. The third-order valence-electron chi connectivity index (χ3n) is 4.35. The molecule has 0 radical (unpaired) electrons. The van der Waals surface area contributed by atoms with Gasteiger partial charge in [0, 0.05) is 12.6 Å².